The number of rotatable bonds is 4. The highest BCUT2D eigenvalue weighted by Crippen LogP contribution is 2.41. The molecule has 0 bridgehead atoms. The molecule has 12 heteroatoms. The molecule has 4 aromatic rings. The molecule has 0 radical (unpaired) electrons. The molecule has 0 unspecified atom stereocenters. The minimum atomic E-state index is -4.60. The Morgan fingerprint density at radius 3 is 2.42 bits per heavy atom. The van der Waals surface area contributed by atoms with Crippen molar-refractivity contribution in [1.82, 2.24) is 18.3 Å². The zero-order valence-electron chi connectivity index (χ0n) is 20.7. The second kappa shape index (κ2) is 8.89. The van der Waals surface area contributed by atoms with Gasteiger partial charge in [-0.25, -0.2) is 14.4 Å². The van der Waals surface area contributed by atoms with Gasteiger partial charge in [0, 0.05) is 20.3 Å². The third-order valence-corrected chi connectivity index (χ3v) is 7.00. The fraction of sp³-hybridized carbons (Fsp3) is 0.308. The maximum absolute atomic E-state index is 13.8. The van der Waals surface area contributed by atoms with Crippen molar-refractivity contribution < 1.29 is 22.7 Å². The number of carbonyl (C=O) groups excluding carboxylic acids is 1. The Morgan fingerprint density at radius 1 is 1.03 bits per heavy atom. The predicted octanol–water partition coefficient (Wildman–Crippen LogP) is 2.92. The van der Waals surface area contributed by atoms with E-state index in [1.807, 2.05) is 0 Å². The van der Waals surface area contributed by atoms with Gasteiger partial charge in [0.1, 0.15) is 5.56 Å². The molecule has 198 valence electrons. The second-order valence-electron chi connectivity index (χ2n) is 9.09. The van der Waals surface area contributed by atoms with E-state index in [1.165, 1.54) is 21.3 Å². The van der Waals surface area contributed by atoms with Crippen molar-refractivity contribution in [2.75, 3.05) is 6.61 Å². The van der Waals surface area contributed by atoms with E-state index in [4.69, 9.17) is 4.74 Å². The maximum atomic E-state index is 13.8. The molecule has 0 aliphatic heterocycles. The predicted molar refractivity (Wildman–Crippen MR) is 132 cm³/mol. The van der Waals surface area contributed by atoms with Crippen LogP contribution in [0.15, 0.2) is 57.0 Å². The summed E-state index contributed by atoms with van der Waals surface area (Å²) < 4.78 is 50.7. The van der Waals surface area contributed by atoms with Crippen LogP contribution >= 0.6 is 0 Å². The van der Waals surface area contributed by atoms with Gasteiger partial charge in [-0.1, -0.05) is 12.1 Å². The summed E-state index contributed by atoms with van der Waals surface area (Å²) in [5.41, 5.74) is -1.76. The van der Waals surface area contributed by atoms with Gasteiger partial charge in [-0.05, 0) is 55.2 Å². The lowest BCUT2D eigenvalue weighted by Gasteiger charge is -2.19. The summed E-state index contributed by atoms with van der Waals surface area (Å²) in [7, 11) is 3.16. The van der Waals surface area contributed by atoms with Gasteiger partial charge < -0.3 is 4.74 Å². The van der Waals surface area contributed by atoms with Crippen LogP contribution in [-0.2, 0) is 31.4 Å². The minimum absolute atomic E-state index is 0.00326. The number of aryl methyl sites for hydroxylation is 2. The molecule has 2 aromatic heterocycles. The zero-order chi connectivity index (χ0) is 27.5. The van der Waals surface area contributed by atoms with E-state index in [1.54, 1.807) is 39.2 Å². The number of nitrogens with zero attached hydrogens (tertiary/aromatic N) is 4. The summed E-state index contributed by atoms with van der Waals surface area (Å²) in [6, 6.07) is 7.39. The van der Waals surface area contributed by atoms with Crippen LogP contribution in [0.4, 0.5) is 13.2 Å². The minimum Gasteiger partial charge on any atom is -0.462 e. The van der Waals surface area contributed by atoms with Gasteiger partial charge in [-0.15, -0.1) is 0 Å². The largest absolute Gasteiger partial charge is 0.462 e. The van der Waals surface area contributed by atoms with E-state index in [0.717, 1.165) is 21.4 Å². The smallest absolute Gasteiger partial charge is 0.416 e. The number of fused-ring (bicyclic) bond motifs is 2. The lowest BCUT2D eigenvalue weighted by molar-refractivity contribution is -0.138. The number of esters is 1. The molecule has 2 aromatic carbocycles. The van der Waals surface area contributed by atoms with Crippen molar-refractivity contribution in [2.45, 2.75) is 32.0 Å². The lowest BCUT2D eigenvalue weighted by atomic mass is 10.0. The Labute approximate surface area is 212 Å². The molecule has 1 aliphatic rings. The molecule has 0 N–H and O–H groups in total. The Kier molecular flexibility index (Phi) is 5.92. The van der Waals surface area contributed by atoms with Crippen molar-refractivity contribution in [2.24, 2.45) is 14.1 Å². The number of alkyl halides is 3. The Morgan fingerprint density at radius 2 is 1.74 bits per heavy atom. The average molecular weight is 528 g/mol. The van der Waals surface area contributed by atoms with Gasteiger partial charge >= 0.3 is 23.5 Å². The number of benzene rings is 2. The van der Waals surface area contributed by atoms with Crippen molar-refractivity contribution in [3.8, 4) is 5.69 Å². The monoisotopic (exact) mass is 528 g/mol. The molecular formula is C26H23F3N4O5. The lowest BCUT2D eigenvalue weighted by Crippen LogP contribution is -2.44. The molecule has 1 atom stereocenters. The quantitative estimate of drug-likeness (QED) is 0.380. The van der Waals surface area contributed by atoms with Crippen LogP contribution in [0.3, 0.4) is 0 Å². The number of hydrogen-bond acceptors (Lipinski definition) is 5. The molecule has 1 aliphatic carbocycles. The first-order valence-electron chi connectivity index (χ1n) is 11.9. The molecule has 5 rings (SSSR count). The molecular weight excluding hydrogens is 505 g/mol. The van der Waals surface area contributed by atoms with E-state index < -0.39 is 40.6 Å². The summed E-state index contributed by atoms with van der Waals surface area (Å²) >= 11 is 0. The van der Waals surface area contributed by atoms with Crippen LogP contribution in [0, 0.1) is 0 Å². The van der Waals surface area contributed by atoms with Crippen molar-refractivity contribution in [1.29, 1.82) is 0 Å². The molecule has 0 saturated carbocycles. The number of ether oxygens (including phenoxy) is 1. The number of aromatic nitrogens is 4. The van der Waals surface area contributed by atoms with E-state index >= 15 is 0 Å². The summed E-state index contributed by atoms with van der Waals surface area (Å²) in [5.74, 6) is -0.963. The van der Waals surface area contributed by atoms with Crippen LogP contribution in [0.1, 0.15) is 46.4 Å². The van der Waals surface area contributed by atoms with Crippen molar-refractivity contribution in [3.63, 3.8) is 0 Å². The van der Waals surface area contributed by atoms with Crippen LogP contribution in [0.25, 0.3) is 16.7 Å². The topological polar surface area (TPSA) is 97.2 Å². The highest BCUT2D eigenvalue weighted by atomic mass is 19.4. The highest BCUT2D eigenvalue weighted by molar-refractivity contribution is 5.88. The van der Waals surface area contributed by atoms with Gasteiger partial charge in [0.25, 0.3) is 5.56 Å². The first kappa shape index (κ1) is 25.3. The Hall–Kier alpha value is -4.35. The third kappa shape index (κ3) is 3.78. The maximum Gasteiger partial charge on any atom is 0.416 e. The van der Waals surface area contributed by atoms with Gasteiger partial charge in [0.15, 0.2) is 0 Å². The van der Waals surface area contributed by atoms with Gasteiger partial charge in [-0.3, -0.25) is 23.1 Å². The summed E-state index contributed by atoms with van der Waals surface area (Å²) in [6.45, 7) is 1.53. The standard InChI is InChI=1S/C26H23F3N4O5/c1-4-38-23(35)17-13-32(14-8-10-20-21(12-14)31(3)24(36)30(20)2)25(37)33(22(17)34)19-11-9-15-16(19)6-5-7-18(15)26(27,28)29/h5-8,10,12-13,19H,4,9,11H2,1-3H3/t19-/m0/s1. The molecule has 2 heterocycles. The Bertz CT molecular complexity index is 1790. The van der Waals surface area contributed by atoms with E-state index in [-0.39, 0.29) is 42.0 Å². The molecule has 0 spiro atoms. The van der Waals surface area contributed by atoms with Crippen molar-refractivity contribution >= 4 is 17.0 Å². The number of imidazole rings is 1. The third-order valence-electron chi connectivity index (χ3n) is 7.00. The summed E-state index contributed by atoms with van der Waals surface area (Å²) in [6.07, 6.45) is -3.46. The molecule has 0 saturated heterocycles. The molecule has 38 heavy (non-hydrogen) atoms. The fourth-order valence-electron chi connectivity index (χ4n) is 5.19. The second-order valence-corrected chi connectivity index (χ2v) is 9.09. The van der Waals surface area contributed by atoms with E-state index in [2.05, 4.69) is 0 Å². The normalized spacial score (nSPS) is 15.2. The first-order valence-corrected chi connectivity index (χ1v) is 11.9. The molecule has 0 fully saturated rings. The summed E-state index contributed by atoms with van der Waals surface area (Å²) in [5, 5.41) is 0. The average Bonchev–Trinajstić information content (AvgIpc) is 3.38. The molecule has 9 nitrogen and oxygen atoms in total. The first-order chi connectivity index (χ1) is 18.0. The summed E-state index contributed by atoms with van der Waals surface area (Å²) in [4.78, 5) is 52.3. The SMILES string of the molecule is CCOC(=O)c1cn(-c2ccc3c(c2)n(C)c(=O)n3C)c(=O)n([C@H]2CCc3c2cccc3C(F)(F)F)c1=O. The number of hydrogen-bond donors (Lipinski definition) is 0. The van der Waals surface area contributed by atoms with E-state index in [0.29, 0.717) is 11.0 Å². The Balaban J connectivity index is 1.78. The number of halogens is 3. The van der Waals surface area contributed by atoms with Gasteiger partial charge in [0.2, 0.25) is 0 Å². The van der Waals surface area contributed by atoms with Gasteiger partial charge in [0.05, 0.1) is 34.9 Å². The highest BCUT2D eigenvalue weighted by Gasteiger charge is 2.38. The van der Waals surface area contributed by atoms with Crippen molar-refractivity contribution in [3.05, 3.63) is 96.2 Å². The van der Waals surface area contributed by atoms with Gasteiger partial charge in [-0.2, -0.15) is 13.2 Å². The van der Waals surface area contributed by atoms with Crippen LogP contribution in [-0.4, -0.2) is 30.8 Å². The van der Waals surface area contributed by atoms with Crippen LogP contribution in [0.2, 0.25) is 0 Å². The van der Waals surface area contributed by atoms with Crippen LogP contribution < -0.4 is 16.9 Å². The fourth-order valence-corrected chi connectivity index (χ4v) is 5.19. The van der Waals surface area contributed by atoms with E-state index in [9.17, 15) is 32.3 Å². The molecule has 0 amide bonds. The van der Waals surface area contributed by atoms with Crippen LogP contribution in [0.5, 0.6) is 0 Å². The number of carbonyl (C=O) groups is 1. The zero-order valence-corrected chi connectivity index (χ0v) is 20.7.